The Hall–Kier alpha value is 0.194. The smallest absolute Gasteiger partial charge is 0 e. The quantitative estimate of drug-likeness (QED) is 0.450. The van der Waals surface area contributed by atoms with Gasteiger partial charge < -0.3 is 0 Å². The standard InChI is InChI=1S/C9H13.Ti/c1-2-3-6-9-7-4-5-8-9;/h4,7H,2-3,5-6H2,1H3;/q-1;. The van der Waals surface area contributed by atoms with E-state index >= 15 is 0 Å². The molecule has 1 aliphatic rings. The van der Waals surface area contributed by atoms with E-state index in [1.54, 1.807) is 0 Å². The summed E-state index contributed by atoms with van der Waals surface area (Å²) in [5.41, 5.74) is 1.41. The Bertz CT molecular complexity index is 134. The van der Waals surface area contributed by atoms with E-state index in [0.717, 1.165) is 6.42 Å². The summed E-state index contributed by atoms with van der Waals surface area (Å²) in [5.74, 6) is 0. The second-order valence-corrected chi connectivity index (χ2v) is 2.41. The molecule has 0 unspecified atom stereocenters. The molecule has 0 saturated heterocycles. The summed E-state index contributed by atoms with van der Waals surface area (Å²) in [6, 6.07) is 0. The first-order valence-electron chi connectivity index (χ1n) is 3.69. The van der Waals surface area contributed by atoms with Crippen LogP contribution in [0.15, 0.2) is 17.7 Å². The van der Waals surface area contributed by atoms with Crippen LogP contribution >= 0.6 is 0 Å². The van der Waals surface area contributed by atoms with Crippen LogP contribution in [0.25, 0.3) is 0 Å². The second-order valence-electron chi connectivity index (χ2n) is 2.41. The summed E-state index contributed by atoms with van der Waals surface area (Å²) in [6.07, 6.45) is 12.5. The average Bonchev–Trinajstić information content (AvgIpc) is 2.34. The maximum absolute atomic E-state index is 3.30. The molecule has 1 aliphatic carbocycles. The van der Waals surface area contributed by atoms with Crippen LogP contribution < -0.4 is 0 Å². The maximum atomic E-state index is 3.30. The van der Waals surface area contributed by atoms with E-state index in [0.29, 0.717) is 0 Å². The van der Waals surface area contributed by atoms with Gasteiger partial charge in [0, 0.05) is 21.7 Å². The molecule has 10 heavy (non-hydrogen) atoms. The van der Waals surface area contributed by atoms with Gasteiger partial charge in [-0.05, 0) is 0 Å². The van der Waals surface area contributed by atoms with Gasteiger partial charge in [0.05, 0.1) is 0 Å². The van der Waals surface area contributed by atoms with Gasteiger partial charge in [0.2, 0.25) is 0 Å². The van der Waals surface area contributed by atoms with Crippen molar-refractivity contribution in [3.63, 3.8) is 0 Å². The first-order chi connectivity index (χ1) is 4.43. The SMILES string of the molecule is CCCCC1=[C-]CC=C1.[Ti]. The first kappa shape index (κ1) is 10.2. The Kier molecular flexibility index (Phi) is 6.06. The van der Waals surface area contributed by atoms with Crippen molar-refractivity contribution in [1.82, 2.24) is 0 Å². The van der Waals surface area contributed by atoms with E-state index in [2.05, 4.69) is 25.2 Å². The molecule has 0 aromatic rings. The number of hydrogen-bond acceptors (Lipinski definition) is 0. The molecule has 54 valence electrons. The van der Waals surface area contributed by atoms with E-state index in [1.807, 2.05) is 0 Å². The monoisotopic (exact) mass is 169 g/mol. The summed E-state index contributed by atoms with van der Waals surface area (Å²) < 4.78 is 0. The van der Waals surface area contributed by atoms with E-state index in [1.165, 1.54) is 24.8 Å². The van der Waals surface area contributed by atoms with Crippen LogP contribution in [0.3, 0.4) is 0 Å². The summed E-state index contributed by atoms with van der Waals surface area (Å²) in [6.45, 7) is 2.22. The van der Waals surface area contributed by atoms with E-state index in [4.69, 9.17) is 0 Å². The Morgan fingerprint density at radius 3 is 2.90 bits per heavy atom. The molecule has 0 atom stereocenters. The van der Waals surface area contributed by atoms with Gasteiger partial charge in [0.15, 0.2) is 0 Å². The molecule has 0 fully saturated rings. The molecule has 0 nitrogen and oxygen atoms in total. The minimum Gasteiger partial charge on any atom is -0.269 e. The van der Waals surface area contributed by atoms with Crippen LogP contribution in [0.1, 0.15) is 32.6 Å². The zero-order valence-electron chi connectivity index (χ0n) is 6.48. The van der Waals surface area contributed by atoms with Crippen molar-refractivity contribution in [3.8, 4) is 0 Å². The van der Waals surface area contributed by atoms with Gasteiger partial charge in [-0.3, -0.25) is 6.08 Å². The van der Waals surface area contributed by atoms with Gasteiger partial charge in [0.25, 0.3) is 0 Å². The van der Waals surface area contributed by atoms with Gasteiger partial charge >= 0.3 is 0 Å². The molecule has 1 rings (SSSR count). The van der Waals surface area contributed by atoms with Crippen LogP contribution in [-0.4, -0.2) is 0 Å². The van der Waals surface area contributed by atoms with Gasteiger partial charge in [0.1, 0.15) is 0 Å². The van der Waals surface area contributed by atoms with Gasteiger partial charge in [-0.25, -0.2) is 11.6 Å². The predicted molar refractivity (Wildman–Crippen MR) is 40.0 cm³/mol. The molecule has 0 aromatic carbocycles. The summed E-state index contributed by atoms with van der Waals surface area (Å²) >= 11 is 0. The van der Waals surface area contributed by atoms with Crippen LogP contribution in [0, 0.1) is 6.08 Å². The van der Waals surface area contributed by atoms with Crippen LogP contribution in [0.2, 0.25) is 0 Å². The van der Waals surface area contributed by atoms with Crippen molar-refractivity contribution in [2.45, 2.75) is 32.6 Å². The van der Waals surface area contributed by atoms with Crippen molar-refractivity contribution < 1.29 is 21.7 Å². The zero-order chi connectivity index (χ0) is 6.53. The molecule has 1 heteroatoms. The zero-order valence-corrected chi connectivity index (χ0v) is 8.04. The third-order valence-corrected chi connectivity index (χ3v) is 1.57. The Balaban J connectivity index is 0.000000810. The average molecular weight is 169 g/mol. The molecule has 0 amide bonds. The molecular weight excluding hydrogens is 156 g/mol. The fourth-order valence-electron chi connectivity index (χ4n) is 0.989. The van der Waals surface area contributed by atoms with Crippen LogP contribution in [0.5, 0.6) is 0 Å². The summed E-state index contributed by atoms with van der Waals surface area (Å²) in [4.78, 5) is 0. The van der Waals surface area contributed by atoms with Crippen LogP contribution in [-0.2, 0) is 21.7 Å². The normalized spacial score (nSPS) is 14.7. The Labute approximate surface area is 78.3 Å². The van der Waals surface area contributed by atoms with Crippen LogP contribution in [0.4, 0.5) is 0 Å². The third-order valence-electron chi connectivity index (χ3n) is 1.57. The third kappa shape index (κ3) is 3.38. The molecule has 0 aliphatic heterocycles. The van der Waals surface area contributed by atoms with Gasteiger partial charge in [-0.15, -0.1) is 6.42 Å². The molecule has 0 N–H and O–H groups in total. The summed E-state index contributed by atoms with van der Waals surface area (Å²) in [7, 11) is 0. The summed E-state index contributed by atoms with van der Waals surface area (Å²) in [5, 5.41) is 0. The minimum absolute atomic E-state index is 0. The molecule has 0 saturated carbocycles. The fourth-order valence-corrected chi connectivity index (χ4v) is 0.989. The van der Waals surface area contributed by atoms with E-state index in [9.17, 15) is 0 Å². The van der Waals surface area contributed by atoms with Crippen molar-refractivity contribution in [3.05, 3.63) is 23.8 Å². The number of allylic oxidation sites excluding steroid dienone is 4. The number of hydrogen-bond donors (Lipinski definition) is 0. The molecule has 0 radical (unpaired) electrons. The van der Waals surface area contributed by atoms with Crippen molar-refractivity contribution in [1.29, 1.82) is 0 Å². The minimum atomic E-state index is 0. The fraction of sp³-hybridized carbons (Fsp3) is 0.556. The topological polar surface area (TPSA) is 0 Å². The van der Waals surface area contributed by atoms with Gasteiger partial charge in [-0.1, -0.05) is 26.2 Å². The number of unbranched alkanes of at least 4 members (excludes halogenated alkanes) is 1. The van der Waals surface area contributed by atoms with Crippen molar-refractivity contribution in [2.24, 2.45) is 0 Å². The molecule has 0 spiro atoms. The van der Waals surface area contributed by atoms with Crippen molar-refractivity contribution in [2.75, 3.05) is 0 Å². The second kappa shape index (κ2) is 5.94. The number of rotatable bonds is 3. The molecule has 0 bridgehead atoms. The van der Waals surface area contributed by atoms with E-state index < -0.39 is 0 Å². The van der Waals surface area contributed by atoms with Crippen molar-refractivity contribution >= 4 is 0 Å². The predicted octanol–water partition coefficient (Wildman–Crippen LogP) is 2.86. The van der Waals surface area contributed by atoms with Gasteiger partial charge in [-0.2, -0.15) is 6.08 Å². The first-order valence-corrected chi connectivity index (χ1v) is 3.69. The van der Waals surface area contributed by atoms with E-state index in [-0.39, 0.29) is 21.7 Å². The molecule has 0 aromatic heterocycles. The Morgan fingerprint density at radius 1 is 1.60 bits per heavy atom. The largest absolute Gasteiger partial charge is 0.269 e. The molecular formula is C9H13Ti-. The maximum Gasteiger partial charge on any atom is 0 e. The molecule has 0 heterocycles. The Morgan fingerprint density at radius 2 is 2.40 bits per heavy atom.